The number of likely N-dealkylation sites (N-methyl/N-ethyl adjacent to an activating group) is 1. The van der Waals surface area contributed by atoms with Gasteiger partial charge in [0.15, 0.2) is 0 Å². The second kappa shape index (κ2) is 8.38. The summed E-state index contributed by atoms with van der Waals surface area (Å²) < 4.78 is 5.85. The first kappa shape index (κ1) is 17.1. The SMILES string of the molecule is CNC(Cc1cccc(Cl)c1Cl)C(OC)C1CCCCC1. The largest absolute Gasteiger partial charge is 0.380 e. The van der Waals surface area contributed by atoms with Crippen molar-refractivity contribution in [1.82, 2.24) is 5.32 Å². The third kappa shape index (κ3) is 4.35. The Bertz CT molecular complexity index is 446. The fourth-order valence-corrected chi connectivity index (χ4v) is 3.87. The van der Waals surface area contributed by atoms with Gasteiger partial charge in [-0.05, 0) is 43.9 Å². The van der Waals surface area contributed by atoms with Crippen LogP contribution in [0.4, 0.5) is 0 Å². The summed E-state index contributed by atoms with van der Waals surface area (Å²) in [6.45, 7) is 0. The van der Waals surface area contributed by atoms with Crippen LogP contribution >= 0.6 is 23.2 Å². The topological polar surface area (TPSA) is 21.3 Å². The summed E-state index contributed by atoms with van der Waals surface area (Å²) in [4.78, 5) is 0. The fraction of sp³-hybridized carbons (Fsp3) is 0.647. The van der Waals surface area contributed by atoms with E-state index in [1.54, 1.807) is 0 Å². The monoisotopic (exact) mass is 329 g/mol. The van der Waals surface area contributed by atoms with Crippen molar-refractivity contribution in [1.29, 1.82) is 0 Å². The van der Waals surface area contributed by atoms with E-state index >= 15 is 0 Å². The van der Waals surface area contributed by atoms with Crippen LogP contribution in [-0.4, -0.2) is 26.3 Å². The quantitative estimate of drug-likeness (QED) is 0.815. The summed E-state index contributed by atoms with van der Waals surface area (Å²) >= 11 is 12.4. The van der Waals surface area contributed by atoms with Crippen molar-refractivity contribution in [2.45, 2.75) is 50.7 Å². The van der Waals surface area contributed by atoms with Crippen LogP contribution < -0.4 is 5.32 Å². The molecule has 4 heteroatoms. The summed E-state index contributed by atoms with van der Waals surface area (Å²) in [5.74, 6) is 0.638. The van der Waals surface area contributed by atoms with Gasteiger partial charge in [-0.2, -0.15) is 0 Å². The second-order valence-electron chi connectivity index (χ2n) is 5.91. The van der Waals surface area contributed by atoms with Crippen molar-refractivity contribution in [3.8, 4) is 0 Å². The Morgan fingerprint density at radius 3 is 2.57 bits per heavy atom. The van der Waals surface area contributed by atoms with E-state index < -0.39 is 0 Å². The predicted octanol–water partition coefficient (Wildman–Crippen LogP) is 4.72. The van der Waals surface area contributed by atoms with Gasteiger partial charge in [0.2, 0.25) is 0 Å². The van der Waals surface area contributed by atoms with E-state index in [1.807, 2.05) is 32.4 Å². The first-order valence-electron chi connectivity index (χ1n) is 7.80. The van der Waals surface area contributed by atoms with Gasteiger partial charge in [0, 0.05) is 13.2 Å². The third-order valence-electron chi connectivity index (χ3n) is 4.63. The molecule has 1 N–H and O–H groups in total. The van der Waals surface area contributed by atoms with Gasteiger partial charge >= 0.3 is 0 Å². The number of rotatable bonds is 6. The minimum Gasteiger partial charge on any atom is -0.380 e. The van der Waals surface area contributed by atoms with Crippen molar-refractivity contribution in [2.24, 2.45) is 5.92 Å². The molecule has 1 aliphatic rings. The molecule has 1 saturated carbocycles. The smallest absolute Gasteiger partial charge is 0.0755 e. The molecule has 118 valence electrons. The highest BCUT2D eigenvalue weighted by Crippen LogP contribution is 2.32. The number of methoxy groups -OCH3 is 1. The number of hydrogen-bond donors (Lipinski definition) is 1. The molecule has 1 aliphatic carbocycles. The molecule has 2 nitrogen and oxygen atoms in total. The highest BCUT2D eigenvalue weighted by atomic mass is 35.5. The molecule has 2 unspecified atom stereocenters. The lowest BCUT2D eigenvalue weighted by molar-refractivity contribution is 0.0102. The molecule has 0 aromatic heterocycles. The second-order valence-corrected chi connectivity index (χ2v) is 6.70. The molecule has 0 saturated heterocycles. The molecule has 0 heterocycles. The molecular weight excluding hydrogens is 305 g/mol. The van der Waals surface area contributed by atoms with Gasteiger partial charge in [0.25, 0.3) is 0 Å². The minimum atomic E-state index is 0.227. The average molecular weight is 330 g/mol. The van der Waals surface area contributed by atoms with E-state index in [9.17, 15) is 0 Å². The maximum atomic E-state index is 6.33. The Labute approximate surface area is 138 Å². The number of hydrogen-bond acceptors (Lipinski definition) is 2. The maximum absolute atomic E-state index is 6.33. The van der Waals surface area contributed by atoms with Crippen LogP contribution in [0.15, 0.2) is 18.2 Å². The van der Waals surface area contributed by atoms with Crippen molar-refractivity contribution in [3.05, 3.63) is 33.8 Å². The van der Waals surface area contributed by atoms with Gasteiger partial charge < -0.3 is 10.1 Å². The van der Waals surface area contributed by atoms with Crippen LogP contribution in [0.1, 0.15) is 37.7 Å². The lowest BCUT2D eigenvalue weighted by Gasteiger charge is -2.35. The van der Waals surface area contributed by atoms with Gasteiger partial charge in [0.05, 0.1) is 16.1 Å². The zero-order valence-electron chi connectivity index (χ0n) is 12.9. The Hall–Kier alpha value is -0.280. The fourth-order valence-electron chi connectivity index (χ4n) is 3.47. The maximum Gasteiger partial charge on any atom is 0.0755 e. The lowest BCUT2D eigenvalue weighted by atomic mass is 9.81. The molecule has 21 heavy (non-hydrogen) atoms. The van der Waals surface area contributed by atoms with E-state index in [2.05, 4.69) is 5.32 Å². The first-order chi connectivity index (χ1) is 10.2. The Morgan fingerprint density at radius 1 is 1.24 bits per heavy atom. The van der Waals surface area contributed by atoms with Crippen molar-refractivity contribution in [2.75, 3.05) is 14.2 Å². The van der Waals surface area contributed by atoms with Crippen LogP contribution in [0.5, 0.6) is 0 Å². The highest BCUT2D eigenvalue weighted by Gasteiger charge is 2.30. The van der Waals surface area contributed by atoms with Crippen LogP contribution in [-0.2, 0) is 11.2 Å². The number of nitrogens with one attached hydrogen (secondary N) is 1. The molecule has 0 aliphatic heterocycles. The summed E-state index contributed by atoms with van der Waals surface area (Å²) in [6.07, 6.45) is 7.59. The standard InChI is InChI=1S/C17H25Cl2NO/c1-20-15(11-13-9-6-10-14(18)16(13)19)17(21-2)12-7-4-3-5-8-12/h6,9-10,12,15,17,20H,3-5,7-8,11H2,1-2H3. The first-order valence-corrected chi connectivity index (χ1v) is 8.56. The predicted molar refractivity (Wildman–Crippen MR) is 90.4 cm³/mol. The molecule has 1 fully saturated rings. The Morgan fingerprint density at radius 2 is 1.95 bits per heavy atom. The summed E-state index contributed by atoms with van der Waals surface area (Å²) in [6, 6.07) is 6.09. The van der Waals surface area contributed by atoms with Crippen LogP contribution in [0, 0.1) is 5.92 Å². The van der Waals surface area contributed by atoms with Crippen LogP contribution in [0.3, 0.4) is 0 Å². The normalized spacial score (nSPS) is 19.4. The van der Waals surface area contributed by atoms with E-state index in [-0.39, 0.29) is 12.1 Å². The molecule has 2 atom stereocenters. The van der Waals surface area contributed by atoms with Gasteiger partial charge in [-0.25, -0.2) is 0 Å². The van der Waals surface area contributed by atoms with Crippen molar-refractivity contribution >= 4 is 23.2 Å². The zero-order chi connectivity index (χ0) is 15.2. The number of ether oxygens (including phenoxy) is 1. The summed E-state index contributed by atoms with van der Waals surface area (Å²) in [5, 5.41) is 4.70. The third-order valence-corrected chi connectivity index (χ3v) is 5.48. The van der Waals surface area contributed by atoms with E-state index in [4.69, 9.17) is 27.9 Å². The van der Waals surface area contributed by atoms with Gasteiger partial charge in [-0.15, -0.1) is 0 Å². The summed E-state index contributed by atoms with van der Waals surface area (Å²) in [5.41, 5.74) is 1.08. The molecule has 0 amide bonds. The van der Waals surface area contributed by atoms with E-state index in [0.717, 1.165) is 12.0 Å². The van der Waals surface area contributed by atoms with E-state index in [1.165, 1.54) is 32.1 Å². The molecule has 1 aromatic rings. The van der Waals surface area contributed by atoms with Crippen LogP contribution in [0.2, 0.25) is 10.0 Å². The molecular formula is C17H25Cl2NO. The van der Waals surface area contributed by atoms with Crippen molar-refractivity contribution in [3.63, 3.8) is 0 Å². The highest BCUT2D eigenvalue weighted by molar-refractivity contribution is 6.42. The number of benzene rings is 1. The molecule has 1 aromatic carbocycles. The van der Waals surface area contributed by atoms with Crippen molar-refractivity contribution < 1.29 is 4.74 Å². The number of halogens is 2. The Balaban J connectivity index is 2.11. The van der Waals surface area contributed by atoms with Gasteiger partial charge in [0.1, 0.15) is 0 Å². The van der Waals surface area contributed by atoms with E-state index in [0.29, 0.717) is 16.0 Å². The Kier molecular flexibility index (Phi) is 6.81. The van der Waals surface area contributed by atoms with Gasteiger partial charge in [-0.3, -0.25) is 0 Å². The molecule has 0 bridgehead atoms. The minimum absolute atomic E-state index is 0.227. The summed E-state index contributed by atoms with van der Waals surface area (Å²) in [7, 11) is 3.82. The average Bonchev–Trinajstić information content (AvgIpc) is 2.52. The molecule has 2 rings (SSSR count). The lowest BCUT2D eigenvalue weighted by Crippen LogP contribution is -2.45. The molecule has 0 radical (unpaired) electrons. The van der Waals surface area contributed by atoms with Crippen LogP contribution in [0.25, 0.3) is 0 Å². The van der Waals surface area contributed by atoms with Gasteiger partial charge in [-0.1, -0.05) is 54.6 Å². The molecule has 0 spiro atoms. The zero-order valence-corrected chi connectivity index (χ0v) is 14.4.